The zero-order chi connectivity index (χ0) is 11.4. The van der Waals surface area contributed by atoms with Crippen molar-refractivity contribution in [3.8, 4) is 0 Å². The highest BCUT2D eigenvalue weighted by Gasteiger charge is 2.24. The first-order valence-corrected chi connectivity index (χ1v) is 7.02. The van der Waals surface area contributed by atoms with Gasteiger partial charge in [-0.1, -0.05) is 58.2 Å². The second-order valence-corrected chi connectivity index (χ2v) is 7.02. The summed E-state index contributed by atoms with van der Waals surface area (Å²) >= 11 is 22.1. The Hall–Kier alpha value is 1.09. The molecule has 0 aromatic carbocycles. The third-order valence-corrected chi connectivity index (χ3v) is 3.06. The molecule has 4 nitrogen and oxygen atoms in total. The summed E-state index contributed by atoms with van der Waals surface area (Å²) in [5, 5.41) is 0. The fourth-order valence-corrected chi connectivity index (χ4v) is 2.03. The van der Waals surface area contributed by atoms with Crippen molar-refractivity contribution in [3.63, 3.8) is 0 Å². The zero-order valence-electron chi connectivity index (χ0n) is 6.71. The van der Waals surface area contributed by atoms with Crippen molar-refractivity contribution in [2.45, 2.75) is 3.79 Å². The Bertz CT molecular complexity index is 309. The van der Waals surface area contributed by atoms with Gasteiger partial charge in [-0.2, -0.15) is 8.42 Å². The Morgan fingerprint density at radius 3 is 2.36 bits per heavy atom. The monoisotopic (exact) mass is 319 g/mol. The molecule has 0 fully saturated rings. The molecule has 14 heavy (non-hydrogen) atoms. The number of hydrogen-bond acceptors (Lipinski definition) is 4. The van der Waals surface area contributed by atoms with Crippen LogP contribution in [0.2, 0.25) is 0 Å². The standard InChI is InChI=1S/C4H5Cl4NO3S2/c1-13-3(5)9-14(10,11)12-2-4(6,7)8/h2H2,1H3/b9-3+. The van der Waals surface area contributed by atoms with E-state index < -0.39 is 20.7 Å². The highest BCUT2D eigenvalue weighted by atomic mass is 35.6. The molecule has 0 N–H and O–H groups in total. The topological polar surface area (TPSA) is 55.7 Å². The van der Waals surface area contributed by atoms with Gasteiger partial charge in [0.1, 0.15) is 6.61 Å². The van der Waals surface area contributed by atoms with Gasteiger partial charge < -0.3 is 0 Å². The molecule has 0 saturated heterocycles. The lowest BCUT2D eigenvalue weighted by molar-refractivity contribution is 0.326. The summed E-state index contributed by atoms with van der Waals surface area (Å²) in [5.74, 6) is 0. The lowest BCUT2D eigenvalue weighted by atomic mass is 10.9. The summed E-state index contributed by atoms with van der Waals surface area (Å²) in [5.41, 5.74) is 0. The van der Waals surface area contributed by atoms with Gasteiger partial charge in [0.25, 0.3) is 0 Å². The first-order chi connectivity index (χ1) is 6.16. The molecule has 0 amide bonds. The van der Waals surface area contributed by atoms with Gasteiger partial charge in [0.15, 0.2) is 4.50 Å². The fraction of sp³-hybridized carbons (Fsp3) is 0.750. The molecule has 0 aromatic heterocycles. The quantitative estimate of drug-likeness (QED) is 0.455. The van der Waals surface area contributed by atoms with Crippen LogP contribution in [-0.2, 0) is 14.5 Å². The highest BCUT2D eigenvalue weighted by molar-refractivity contribution is 8.16. The molecular weight excluding hydrogens is 316 g/mol. The molecule has 0 aliphatic heterocycles. The van der Waals surface area contributed by atoms with E-state index in [1.165, 1.54) is 0 Å². The molecule has 84 valence electrons. The molecule has 0 aromatic rings. The smallest absolute Gasteiger partial charge is 0.248 e. The molecule has 0 bridgehead atoms. The maximum atomic E-state index is 11.0. The number of hydrogen-bond donors (Lipinski definition) is 0. The summed E-state index contributed by atoms with van der Waals surface area (Å²) in [7, 11) is -4.14. The Morgan fingerprint density at radius 2 is 2.00 bits per heavy atom. The van der Waals surface area contributed by atoms with Crippen molar-refractivity contribution in [1.82, 2.24) is 0 Å². The van der Waals surface area contributed by atoms with E-state index >= 15 is 0 Å². The van der Waals surface area contributed by atoms with E-state index in [-0.39, 0.29) is 4.50 Å². The van der Waals surface area contributed by atoms with E-state index in [9.17, 15) is 8.42 Å². The van der Waals surface area contributed by atoms with Gasteiger partial charge in [-0.3, -0.25) is 0 Å². The van der Waals surface area contributed by atoms with Gasteiger partial charge in [0.2, 0.25) is 3.79 Å². The lowest BCUT2D eigenvalue weighted by Gasteiger charge is -2.08. The van der Waals surface area contributed by atoms with Crippen LogP contribution in [0.15, 0.2) is 4.40 Å². The van der Waals surface area contributed by atoms with Gasteiger partial charge in [0, 0.05) is 0 Å². The van der Waals surface area contributed by atoms with Crippen LogP contribution in [-0.4, -0.2) is 29.6 Å². The molecule has 0 rings (SSSR count). The maximum absolute atomic E-state index is 11.0. The second-order valence-electron chi connectivity index (χ2n) is 1.85. The van der Waals surface area contributed by atoms with Crippen molar-refractivity contribution in [2.75, 3.05) is 12.9 Å². The van der Waals surface area contributed by atoms with E-state index in [1.54, 1.807) is 6.26 Å². The van der Waals surface area contributed by atoms with E-state index in [0.717, 1.165) is 11.8 Å². The van der Waals surface area contributed by atoms with Crippen LogP contribution in [0.3, 0.4) is 0 Å². The summed E-state index contributed by atoms with van der Waals surface area (Å²) in [4.78, 5) is 0. The number of rotatable bonds is 3. The second kappa shape index (κ2) is 5.98. The number of halogens is 4. The van der Waals surface area contributed by atoms with E-state index in [1.807, 2.05) is 0 Å². The van der Waals surface area contributed by atoms with Gasteiger partial charge in [-0.15, -0.1) is 4.40 Å². The minimum atomic E-state index is -4.14. The summed E-state index contributed by atoms with van der Waals surface area (Å²) < 4.78 is 27.2. The largest absolute Gasteiger partial charge is 0.382 e. The Kier molecular flexibility index (Phi) is 6.45. The molecule has 0 atom stereocenters. The van der Waals surface area contributed by atoms with Crippen molar-refractivity contribution in [1.29, 1.82) is 0 Å². The van der Waals surface area contributed by atoms with Crippen LogP contribution in [0, 0.1) is 0 Å². The zero-order valence-corrected chi connectivity index (χ0v) is 11.4. The van der Waals surface area contributed by atoms with Crippen LogP contribution >= 0.6 is 58.2 Å². The SMILES string of the molecule is CS/C(Cl)=N/S(=O)(=O)OCC(Cl)(Cl)Cl. The van der Waals surface area contributed by atoms with Crippen molar-refractivity contribution >= 4 is 73.0 Å². The predicted molar refractivity (Wildman–Crippen MR) is 62.0 cm³/mol. The molecule has 0 radical (unpaired) electrons. The Labute approximate surface area is 106 Å². The number of alkyl halides is 3. The van der Waals surface area contributed by atoms with Crippen LogP contribution < -0.4 is 0 Å². The third-order valence-electron chi connectivity index (χ3n) is 0.724. The molecular formula is C4H5Cl4NO3S2. The molecule has 0 aliphatic carbocycles. The van der Waals surface area contributed by atoms with Gasteiger partial charge in [-0.05, 0) is 6.26 Å². The van der Waals surface area contributed by atoms with Crippen molar-refractivity contribution in [2.24, 2.45) is 4.40 Å². The van der Waals surface area contributed by atoms with E-state index in [0.29, 0.717) is 0 Å². The molecule has 0 heterocycles. The average Bonchev–Trinajstić information content (AvgIpc) is 1.99. The number of thioether (sulfide) groups is 1. The number of nitrogens with zero attached hydrogens (tertiary/aromatic N) is 1. The third kappa shape index (κ3) is 8.40. The first kappa shape index (κ1) is 15.1. The molecule has 0 saturated carbocycles. The van der Waals surface area contributed by atoms with E-state index in [2.05, 4.69) is 8.58 Å². The molecule has 0 unspecified atom stereocenters. The highest BCUT2D eigenvalue weighted by Crippen LogP contribution is 2.26. The molecule has 0 aliphatic rings. The lowest BCUT2D eigenvalue weighted by Crippen LogP contribution is -2.16. The van der Waals surface area contributed by atoms with Gasteiger partial charge in [-0.25, -0.2) is 4.18 Å². The molecule has 10 heteroatoms. The minimum Gasteiger partial charge on any atom is -0.248 e. The summed E-state index contributed by atoms with van der Waals surface area (Å²) in [6.45, 7) is -0.623. The average molecular weight is 321 g/mol. The van der Waals surface area contributed by atoms with Crippen LogP contribution in [0.4, 0.5) is 0 Å². The predicted octanol–water partition coefficient (Wildman–Crippen LogP) is 2.58. The van der Waals surface area contributed by atoms with E-state index in [4.69, 9.17) is 46.4 Å². The molecule has 0 spiro atoms. The Morgan fingerprint density at radius 1 is 1.50 bits per heavy atom. The normalized spacial score (nSPS) is 14.5. The summed E-state index contributed by atoms with van der Waals surface area (Å²) in [6, 6.07) is 0. The van der Waals surface area contributed by atoms with Crippen LogP contribution in [0.5, 0.6) is 0 Å². The van der Waals surface area contributed by atoms with Crippen LogP contribution in [0.25, 0.3) is 0 Å². The maximum Gasteiger partial charge on any atom is 0.382 e. The fourth-order valence-electron chi connectivity index (χ4n) is 0.293. The van der Waals surface area contributed by atoms with Crippen molar-refractivity contribution < 1.29 is 12.6 Å². The first-order valence-electron chi connectivity index (χ1n) is 2.92. The van der Waals surface area contributed by atoms with Crippen molar-refractivity contribution in [3.05, 3.63) is 0 Å². The van der Waals surface area contributed by atoms with Gasteiger partial charge in [0.05, 0.1) is 0 Å². The van der Waals surface area contributed by atoms with Crippen LogP contribution in [0.1, 0.15) is 0 Å². The van der Waals surface area contributed by atoms with Gasteiger partial charge >= 0.3 is 10.3 Å². The summed E-state index contributed by atoms with van der Waals surface area (Å²) in [6.07, 6.45) is 1.55. The minimum absolute atomic E-state index is 0.186. The Balaban J connectivity index is 4.38.